The predicted molar refractivity (Wildman–Crippen MR) is 107 cm³/mol. The van der Waals surface area contributed by atoms with Crippen LogP contribution in [-0.2, 0) is 0 Å². The van der Waals surface area contributed by atoms with Crippen molar-refractivity contribution in [3.8, 4) is 11.4 Å². The molecule has 3 nitrogen and oxygen atoms in total. The quantitative estimate of drug-likeness (QED) is 0.421. The zero-order chi connectivity index (χ0) is 17.2. The fraction of sp³-hybridized carbons (Fsp3) is 0. The number of halogens is 2. The van der Waals surface area contributed by atoms with E-state index in [0.717, 1.165) is 32.4 Å². The molecule has 1 N–H and O–H groups in total. The molecule has 4 aromatic rings. The molecule has 0 bridgehead atoms. The fourth-order valence-corrected chi connectivity index (χ4v) is 2.96. The van der Waals surface area contributed by atoms with Gasteiger partial charge in [-0.15, -0.1) is 0 Å². The van der Waals surface area contributed by atoms with E-state index in [9.17, 15) is 0 Å². The van der Waals surface area contributed by atoms with Gasteiger partial charge in [0.25, 0.3) is 0 Å². The molecule has 0 fully saturated rings. The first-order chi connectivity index (χ1) is 12.2. The Kier molecular flexibility index (Phi) is 4.38. The second-order valence-electron chi connectivity index (χ2n) is 5.55. The normalized spacial score (nSPS) is 10.8. The molecule has 0 radical (unpaired) electrons. The van der Waals surface area contributed by atoms with E-state index in [2.05, 4.69) is 26.2 Å². The van der Waals surface area contributed by atoms with E-state index in [1.807, 2.05) is 72.8 Å². The Hall–Kier alpha value is -2.43. The first kappa shape index (κ1) is 16.1. The van der Waals surface area contributed by atoms with E-state index < -0.39 is 0 Å². The van der Waals surface area contributed by atoms with Crippen LogP contribution in [0.5, 0.6) is 0 Å². The molecule has 4 rings (SSSR count). The molecular weight excluding hydrogens is 398 g/mol. The number of fused-ring (bicyclic) bond motifs is 1. The Morgan fingerprint density at radius 3 is 2.28 bits per heavy atom. The largest absolute Gasteiger partial charge is 0.340 e. The second kappa shape index (κ2) is 6.82. The van der Waals surface area contributed by atoms with Crippen LogP contribution >= 0.6 is 27.5 Å². The Morgan fingerprint density at radius 2 is 1.52 bits per heavy atom. The van der Waals surface area contributed by atoms with Gasteiger partial charge in [-0.2, -0.15) is 0 Å². The maximum atomic E-state index is 5.99. The summed E-state index contributed by atoms with van der Waals surface area (Å²) in [7, 11) is 0. The van der Waals surface area contributed by atoms with Crippen LogP contribution in [0.25, 0.3) is 22.3 Å². The lowest BCUT2D eigenvalue weighted by Crippen LogP contribution is -1.99. The van der Waals surface area contributed by atoms with Crippen LogP contribution in [0.2, 0.25) is 5.02 Å². The summed E-state index contributed by atoms with van der Waals surface area (Å²) >= 11 is 9.44. The number of benzene rings is 3. The summed E-state index contributed by atoms with van der Waals surface area (Å²) in [6.07, 6.45) is 0. The van der Waals surface area contributed by atoms with Crippen molar-refractivity contribution in [2.75, 3.05) is 5.32 Å². The molecule has 0 saturated heterocycles. The summed E-state index contributed by atoms with van der Waals surface area (Å²) in [6.45, 7) is 0. The van der Waals surface area contributed by atoms with Crippen LogP contribution in [0.3, 0.4) is 0 Å². The summed E-state index contributed by atoms with van der Waals surface area (Å²) < 4.78 is 1.03. The molecule has 0 unspecified atom stereocenters. The SMILES string of the molecule is Clc1ccc(-c2nc(Nc3ccc(Br)cc3)c3ccccc3n2)cc1. The number of anilines is 2. The van der Waals surface area contributed by atoms with Crippen LogP contribution in [0.15, 0.2) is 77.3 Å². The number of nitrogens with zero attached hydrogens (tertiary/aromatic N) is 2. The van der Waals surface area contributed by atoms with E-state index in [4.69, 9.17) is 16.6 Å². The molecule has 3 aromatic carbocycles. The first-order valence-electron chi connectivity index (χ1n) is 7.74. The smallest absolute Gasteiger partial charge is 0.162 e. The average molecular weight is 411 g/mol. The molecule has 0 aliphatic heterocycles. The van der Waals surface area contributed by atoms with Crippen LogP contribution in [-0.4, -0.2) is 9.97 Å². The van der Waals surface area contributed by atoms with Crippen molar-refractivity contribution < 1.29 is 0 Å². The van der Waals surface area contributed by atoms with Gasteiger partial charge in [-0.25, -0.2) is 9.97 Å². The van der Waals surface area contributed by atoms with Gasteiger partial charge >= 0.3 is 0 Å². The van der Waals surface area contributed by atoms with Gasteiger partial charge < -0.3 is 5.32 Å². The van der Waals surface area contributed by atoms with Gasteiger partial charge in [0.05, 0.1) is 5.52 Å². The third-order valence-corrected chi connectivity index (χ3v) is 4.59. The fourth-order valence-electron chi connectivity index (χ4n) is 2.57. The molecule has 0 amide bonds. The minimum absolute atomic E-state index is 0.662. The number of hydrogen-bond donors (Lipinski definition) is 1. The van der Waals surface area contributed by atoms with Gasteiger partial charge in [-0.1, -0.05) is 39.7 Å². The Balaban J connectivity index is 1.83. The number of rotatable bonds is 3. The van der Waals surface area contributed by atoms with E-state index in [0.29, 0.717) is 10.8 Å². The molecule has 0 atom stereocenters. The van der Waals surface area contributed by atoms with Crippen molar-refractivity contribution in [2.24, 2.45) is 0 Å². The summed E-state index contributed by atoms with van der Waals surface area (Å²) in [5.74, 6) is 1.44. The van der Waals surface area contributed by atoms with E-state index in [1.165, 1.54) is 0 Å². The van der Waals surface area contributed by atoms with Crippen LogP contribution in [0, 0.1) is 0 Å². The zero-order valence-corrected chi connectivity index (χ0v) is 15.4. The van der Waals surface area contributed by atoms with Gasteiger partial charge in [0.1, 0.15) is 5.82 Å². The van der Waals surface area contributed by atoms with E-state index >= 15 is 0 Å². The highest BCUT2D eigenvalue weighted by molar-refractivity contribution is 9.10. The maximum Gasteiger partial charge on any atom is 0.162 e. The van der Waals surface area contributed by atoms with Crippen molar-refractivity contribution >= 4 is 49.9 Å². The van der Waals surface area contributed by atoms with Crippen molar-refractivity contribution in [1.82, 2.24) is 9.97 Å². The maximum absolute atomic E-state index is 5.99. The lowest BCUT2D eigenvalue weighted by molar-refractivity contribution is 1.22. The third-order valence-electron chi connectivity index (χ3n) is 3.81. The molecule has 1 aromatic heterocycles. The minimum atomic E-state index is 0.662. The summed E-state index contributed by atoms with van der Waals surface area (Å²) in [4.78, 5) is 9.43. The van der Waals surface area contributed by atoms with Gasteiger partial charge in [0, 0.05) is 26.1 Å². The molecule has 0 spiro atoms. The van der Waals surface area contributed by atoms with Crippen LogP contribution in [0.1, 0.15) is 0 Å². The molecule has 1 heterocycles. The highest BCUT2D eigenvalue weighted by atomic mass is 79.9. The minimum Gasteiger partial charge on any atom is -0.340 e. The molecular formula is C20H13BrClN3. The average Bonchev–Trinajstić information content (AvgIpc) is 2.64. The van der Waals surface area contributed by atoms with Crippen molar-refractivity contribution in [3.05, 3.63) is 82.3 Å². The van der Waals surface area contributed by atoms with Crippen molar-refractivity contribution in [1.29, 1.82) is 0 Å². The lowest BCUT2D eigenvalue weighted by Gasteiger charge is -2.11. The Morgan fingerprint density at radius 1 is 0.800 bits per heavy atom. The standard InChI is InChI=1S/C20H13BrClN3/c21-14-7-11-16(12-8-14)23-20-17-3-1-2-4-18(17)24-19(25-20)13-5-9-15(22)10-6-13/h1-12H,(H,23,24,25). The number of hydrogen-bond acceptors (Lipinski definition) is 3. The zero-order valence-electron chi connectivity index (χ0n) is 13.1. The van der Waals surface area contributed by atoms with Crippen molar-refractivity contribution in [3.63, 3.8) is 0 Å². The molecule has 0 aliphatic carbocycles. The van der Waals surface area contributed by atoms with Gasteiger partial charge in [0.2, 0.25) is 0 Å². The van der Waals surface area contributed by atoms with Crippen molar-refractivity contribution in [2.45, 2.75) is 0 Å². The molecule has 122 valence electrons. The Bertz CT molecular complexity index is 1030. The molecule has 0 aliphatic rings. The summed E-state index contributed by atoms with van der Waals surface area (Å²) in [6, 6.07) is 23.5. The van der Waals surface area contributed by atoms with E-state index in [-0.39, 0.29) is 0 Å². The number of nitrogens with one attached hydrogen (secondary N) is 1. The van der Waals surface area contributed by atoms with Gasteiger partial charge in [-0.3, -0.25) is 0 Å². The molecule has 5 heteroatoms. The summed E-state index contributed by atoms with van der Waals surface area (Å²) in [5, 5.41) is 5.07. The van der Waals surface area contributed by atoms with E-state index in [1.54, 1.807) is 0 Å². The highest BCUT2D eigenvalue weighted by Gasteiger charge is 2.09. The Labute approximate surface area is 158 Å². The summed E-state index contributed by atoms with van der Waals surface area (Å²) in [5.41, 5.74) is 2.78. The topological polar surface area (TPSA) is 37.8 Å². The predicted octanol–water partition coefficient (Wildman–Crippen LogP) is 6.46. The molecule has 25 heavy (non-hydrogen) atoms. The molecule has 0 saturated carbocycles. The third kappa shape index (κ3) is 3.50. The number of aromatic nitrogens is 2. The second-order valence-corrected chi connectivity index (χ2v) is 6.90. The monoisotopic (exact) mass is 409 g/mol. The highest BCUT2D eigenvalue weighted by Crippen LogP contribution is 2.28. The van der Waals surface area contributed by atoms with Crippen LogP contribution < -0.4 is 5.32 Å². The lowest BCUT2D eigenvalue weighted by atomic mass is 10.2. The number of para-hydroxylation sites is 1. The van der Waals surface area contributed by atoms with Gasteiger partial charge in [-0.05, 0) is 60.7 Å². The van der Waals surface area contributed by atoms with Crippen LogP contribution in [0.4, 0.5) is 11.5 Å². The first-order valence-corrected chi connectivity index (χ1v) is 8.91. The van der Waals surface area contributed by atoms with Gasteiger partial charge in [0.15, 0.2) is 5.82 Å².